The largest absolute Gasteiger partial charge is 0.493 e. The number of hydrogen-bond acceptors (Lipinski definition) is 7. The van der Waals surface area contributed by atoms with Crippen molar-refractivity contribution in [2.45, 2.75) is 6.54 Å². The van der Waals surface area contributed by atoms with Crippen molar-refractivity contribution in [2.75, 3.05) is 12.4 Å². The van der Waals surface area contributed by atoms with Gasteiger partial charge in [-0.2, -0.15) is 5.10 Å². The molecule has 8 heteroatoms. The van der Waals surface area contributed by atoms with Crippen LogP contribution in [0.3, 0.4) is 0 Å². The predicted molar refractivity (Wildman–Crippen MR) is 80.2 cm³/mol. The number of nitrogens with one attached hydrogen (secondary N) is 1. The van der Waals surface area contributed by atoms with E-state index in [1.165, 1.54) is 0 Å². The normalized spacial score (nSPS) is 10.6. The van der Waals surface area contributed by atoms with Gasteiger partial charge in [0.05, 0.1) is 25.5 Å². The molecule has 0 unspecified atom stereocenters. The van der Waals surface area contributed by atoms with E-state index in [1.54, 1.807) is 41.7 Å². The topological polar surface area (TPSA) is 77.8 Å². The average molecular weight is 302 g/mol. The lowest BCUT2D eigenvalue weighted by molar-refractivity contribution is 0.412. The molecule has 1 N–H and O–H groups in total. The Bertz CT molecular complexity index is 724. The molecule has 3 aromatic heterocycles. The molecule has 0 bridgehead atoms. The Kier molecular flexibility index (Phi) is 3.78. The Morgan fingerprint density at radius 2 is 2.24 bits per heavy atom. The number of aryl methyl sites for hydroxylation is 1. The van der Waals surface area contributed by atoms with Gasteiger partial charge in [0.1, 0.15) is 10.7 Å². The van der Waals surface area contributed by atoms with Gasteiger partial charge >= 0.3 is 0 Å². The second kappa shape index (κ2) is 5.88. The van der Waals surface area contributed by atoms with Gasteiger partial charge in [-0.3, -0.25) is 4.68 Å². The molecule has 0 saturated carbocycles. The second-order valence-electron chi connectivity index (χ2n) is 4.23. The molecule has 7 nitrogen and oxygen atoms in total. The van der Waals surface area contributed by atoms with Gasteiger partial charge in [0, 0.05) is 24.8 Å². The lowest BCUT2D eigenvalue weighted by Gasteiger charge is -2.10. The summed E-state index contributed by atoms with van der Waals surface area (Å²) < 4.78 is 7.07. The highest BCUT2D eigenvalue weighted by Gasteiger charge is 2.13. The van der Waals surface area contributed by atoms with Gasteiger partial charge in [-0.1, -0.05) is 0 Å². The molecule has 0 radical (unpaired) electrons. The summed E-state index contributed by atoms with van der Waals surface area (Å²) in [7, 11) is 3.46. The van der Waals surface area contributed by atoms with Crippen molar-refractivity contribution in [3.05, 3.63) is 35.0 Å². The molecule has 0 aliphatic heterocycles. The van der Waals surface area contributed by atoms with Crippen LogP contribution in [0.2, 0.25) is 0 Å². The molecule has 0 spiro atoms. The number of rotatable bonds is 5. The predicted octanol–water partition coefficient (Wildman–Crippen LogP) is 1.95. The fourth-order valence-corrected chi connectivity index (χ4v) is 2.45. The van der Waals surface area contributed by atoms with Crippen molar-refractivity contribution in [2.24, 2.45) is 7.05 Å². The van der Waals surface area contributed by atoms with Crippen LogP contribution in [0, 0.1) is 0 Å². The van der Waals surface area contributed by atoms with Crippen LogP contribution in [0.25, 0.3) is 11.4 Å². The highest BCUT2D eigenvalue weighted by molar-refractivity contribution is 7.09. The van der Waals surface area contributed by atoms with Crippen LogP contribution in [-0.2, 0) is 13.6 Å². The van der Waals surface area contributed by atoms with Crippen LogP contribution in [-0.4, -0.2) is 31.8 Å². The zero-order valence-electron chi connectivity index (χ0n) is 11.6. The van der Waals surface area contributed by atoms with E-state index >= 15 is 0 Å². The van der Waals surface area contributed by atoms with Gasteiger partial charge in [-0.05, 0) is 6.07 Å². The van der Waals surface area contributed by atoms with Crippen LogP contribution in [0.5, 0.6) is 5.75 Å². The number of hydrogen-bond donors (Lipinski definition) is 1. The first-order valence-electron chi connectivity index (χ1n) is 6.29. The molecule has 0 fully saturated rings. The zero-order chi connectivity index (χ0) is 14.7. The second-order valence-corrected chi connectivity index (χ2v) is 5.21. The van der Waals surface area contributed by atoms with E-state index in [0.29, 0.717) is 23.9 Å². The third-order valence-corrected chi connectivity index (χ3v) is 3.70. The molecular formula is C13H14N6OS. The summed E-state index contributed by atoms with van der Waals surface area (Å²) in [4.78, 5) is 13.0. The summed E-state index contributed by atoms with van der Waals surface area (Å²) in [5.41, 5.74) is 1.57. The molecular weight excluding hydrogens is 288 g/mol. The number of aromatic nitrogens is 5. The number of methoxy groups -OCH3 is 1. The fraction of sp³-hybridized carbons (Fsp3) is 0.231. The highest BCUT2D eigenvalue weighted by atomic mass is 32.1. The van der Waals surface area contributed by atoms with Gasteiger partial charge in [-0.15, -0.1) is 11.3 Å². The maximum Gasteiger partial charge on any atom is 0.223 e. The number of ether oxygens (including phenoxy) is 1. The molecule has 108 valence electrons. The van der Waals surface area contributed by atoms with E-state index < -0.39 is 0 Å². The molecule has 0 aliphatic carbocycles. The fourth-order valence-electron chi connectivity index (χ4n) is 1.89. The molecule has 3 heterocycles. The monoisotopic (exact) mass is 302 g/mol. The summed E-state index contributed by atoms with van der Waals surface area (Å²) in [6.45, 7) is 0.592. The number of thiazole rings is 1. The lowest BCUT2D eigenvalue weighted by Crippen LogP contribution is -2.06. The first-order chi connectivity index (χ1) is 10.3. The maximum absolute atomic E-state index is 5.33. The van der Waals surface area contributed by atoms with E-state index in [2.05, 4.69) is 25.4 Å². The SMILES string of the molecule is COc1cnc(NCc2nccs2)nc1-c1ccnn1C. The van der Waals surface area contributed by atoms with Gasteiger partial charge in [-0.25, -0.2) is 15.0 Å². The summed E-state index contributed by atoms with van der Waals surface area (Å²) in [5.74, 6) is 1.14. The average Bonchev–Trinajstić information content (AvgIpc) is 3.16. The van der Waals surface area contributed by atoms with Gasteiger partial charge < -0.3 is 10.1 Å². The number of nitrogens with zero attached hydrogens (tertiary/aromatic N) is 5. The minimum Gasteiger partial charge on any atom is -0.493 e. The minimum absolute atomic E-state index is 0.530. The molecule has 0 atom stereocenters. The van der Waals surface area contributed by atoms with Crippen LogP contribution in [0.4, 0.5) is 5.95 Å². The van der Waals surface area contributed by atoms with Crippen molar-refractivity contribution < 1.29 is 4.74 Å². The van der Waals surface area contributed by atoms with Crippen molar-refractivity contribution in [1.29, 1.82) is 0 Å². The van der Waals surface area contributed by atoms with Gasteiger partial charge in [0.2, 0.25) is 5.95 Å². The maximum atomic E-state index is 5.33. The highest BCUT2D eigenvalue weighted by Crippen LogP contribution is 2.27. The molecule has 0 aromatic carbocycles. The third kappa shape index (κ3) is 2.84. The molecule has 3 aromatic rings. The van der Waals surface area contributed by atoms with Crippen molar-refractivity contribution in [3.63, 3.8) is 0 Å². The zero-order valence-corrected chi connectivity index (χ0v) is 12.5. The lowest BCUT2D eigenvalue weighted by atomic mass is 10.3. The molecule has 0 saturated heterocycles. The van der Waals surface area contributed by atoms with E-state index in [9.17, 15) is 0 Å². The summed E-state index contributed by atoms with van der Waals surface area (Å²) >= 11 is 1.59. The van der Waals surface area contributed by atoms with Gasteiger partial charge in [0.25, 0.3) is 0 Å². The molecule has 0 aliphatic rings. The summed E-state index contributed by atoms with van der Waals surface area (Å²) in [6.07, 6.45) is 5.15. The summed E-state index contributed by atoms with van der Waals surface area (Å²) in [5, 5.41) is 10.2. The molecule has 21 heavy (non-hydrogen) atoms. The minimum atomic E-state index is 0.530. The first kappa shape index (κ1) is 13.5. The smallest absolute Gasteiger partial charge is 0.223 e. The summed E-state index contributed by atoms with van der Waals surface area (Å²) in [6, 6.07) is 1.88. The van der Waals surface area contributed by atoms with E-state index in [0.717, 1.165) is 10.7 Å². The third-order valence-electron chi connectivity index (χ3n) is 2.92. The van der Waals surface area contributed by atoms with Crippen LogP contribution in [0.15, 0.2) is 30.0 Å². The van der Waals surface area contributed by atoms with Crippen LogP contribution in [0.1, 0.15) is 5.01 Å². The Labute approximate surface area is 125 Å². The number of anilines is 1. The van der Waals surface area contributed by atoms with Crippen molar-refractivity contribution in [3.8, 4) is 17.1 Å². The standard InChI is InChI=1S/C13H14N6OS/c1-19-9(3-4-17-19)12-10(20-2)7-15-13(18-12)16-8-11-14-5-6-21-11/h3-7H,8H2,1-2H3,(H,15,16,18). The van der Waals surface area contributed by atoms with E-state index in [-0.39, 0.29) is 0 Å². The van der Waals surface area contributed by atoms with E-state index in [4.69, 9.17) is 4.74 Å². The van der Waals surface area contributed by atoms with Crippen LogP contribution < -0.4 is 10.1 Å². The Morgan fingerprint density at radius 3 is 2.90 bits per heavy atom. The first-order valence-corrected chi connectivity index (χ1v) is 7.17. The molecule has 3 rings (SSSR count). The van der Waals surface area contributed by atoms with Crippen molar-refractivity contribution >= 4 is 17.3 Å². The quantitative estimate of drug-likeness (QED) is 0.776. The Hall–Kier alpha value is -2.48. The van der Waals surface area contributed by atoms with Crippen molar-refractivity contribution in [1.82, 2.24) is 24.7 Å². The van der Waals surface area contributed by atoms with E-state index in [1.807, 2.05) is 18.5 Å². The Morgan fingerprint density at radius 1 is 1.33 bits per heavy atom. The Balaban J connectivity index is 1.88. The molecule has 0 amide bonds. The van der Waals surface area contributed by atoms with Crippen LogP contribution >= 0.6 is 11.3 Å². The van der Waals surface area contributed by atoms with Gasteiger partial charge in [0.15, 0.2) is 5.75 Å².